The van der Waals surface area contributed by atoms with E-state index in [0.717, 1.165) is 24.0 Å². The van der Waals surface area contributed by atoms with E-state index in [4.69, 9.17) is 4.74 Å². The molecule has 0 bridgehead atoms. The van der Waals surface area contributed by atoms with E-state index in [0.29, 0.717) is 19.4 Å². The number of fused-ring (bicyclic) bond motifs is 1. The first-order valence-corrected chi connectivity index (χ1v) is 9.96. The lowest BCUT2D eigenvalue weighted by molar-refractivity contribution is -0.165. The molecular weight excluding hydrogens is 350 g/mol. The molecule has 148 valence electrons. The summed E-state index contributed by atoms with van der Waals surface area (Å²) in [5.41, 5.74) is 2.88. The Morgan fingerprint density at radius 2 is 1.64 bits per heavy atom. The highest BCUT2D eigenvalue weighted by atomic mass is 16.6. The maximum absolute atomic E-state index is 13.0. The van der Waals surface area contributed by atoms with Crippen LogP contribution in [-0.2, 0) is 33.7 Å². The van der Waals surface area contributed by atoms with Crippen molar-refractivity contribution in [3.05, 3.63) is 71.3 Å². The normalized spacial score (nSPS) is 16.4. The number of amides is 1. The Kier molecular flexibility index (Phi) is 6.18. The standard InChI is InChI=1S/C24H29NO3/c1-24(2,3)28-23(27)21-16-19-13-7-8-14-20(19)17-25(21)22(26)15-9-12-18-10-5-4-6-11-18/h4-8,10-11,13-14,21H,9,12,15-17H2,1-3H3/t21-/m0/s1. The summed E-state index contributed by atoms with van der Waals surface area (Å²) >= 11 is 0. The van der Waals surface area contributed by atoms with Gasteiger partial charge in [-0.15, -0.1) is 0 Å². The lowest BCUT2D eigenvalue weighted by Crippen LogP contribution is -2.50. The number of carbonyl (C=O) groups excluding carboxylic acids is 2. The second kappa shape index (κ2) is 8.59. The van der Waals surface area contributed by atoms with E-state index in [1.54, 1.807) is 4.90 Å². The smallest absolute Gasteiger partial charge is 0.329 e. The molecule has 2 aromatic rings. The predicted molar refractivity (Wildman–Crippen MR) is 110 cm³/mol. The van der Waals surface area contributed by atoms with Crippen molar-refractivity contribution in [3.63, 3.8) is 0 Å². The molecule has 0 spiro atoms. The Bertz CT molecular complexity index is 823. The van der Waals surface area contributed by atoms with Crippen LogP contribution in [0.4, 0.5) is 0 Å². The molecule has 0 saturated carbocycles. The van der Waals surface area contributed by atoms with Gasteiger partial charge in [0.1, 0.15) is 11.6 Å². The molecule has 3 rings (SSSR count). The number of aryl methyl sites for hydroxylation is 1. The van der Waals surface area contributed by atoms with Gasteiger partial charge in [0.2, 0.25) is 5.91 Å². The van der Waals surface area contributed by atoms with Crippen molar-refractivity contribution < 1.29 is 14.3 Å². The fourth-order valence-electron chi connectivity index (χ4n) is 3.60. The third kappa shape index (κ3) is 5.22. The average Bonchev–Trinajstić information content (AvgIpc) is 2.66. The van der Waals surface area contributed by atoms with E-state index in [2.05, 4.69) is 12.1 Å². The van der Waals surface area contributed by atoms with Crippen LogP contribution in [0.2, 0.25) is 0 Å². The minimum Gasteiger partial charge on any atom is -0.458 e. The molecule has 4 nitrogen and oxygen atoms in total. The minimum absolute atomic E-state index is 0.0151. The van der Waals surface area contributed by atoms with Crippen molar-refractivity contribution in [2.24, 2.45) is 0 Å². The van der Waals surface area contributed by atoms with Crippen molar-refractivity contribution in [1.82, 2.24) is 4.90 Å². The Hall–Kier alpha value is -2.62. The molecule has 1 heterocycles. The highest BCUT2D eigenvalue weighted by Crippen LogP contribution is 2.26. The molecule has 0 saturated heterocycles. The van der Waals surface area contributed by atoms with Gasteiger partial charge in [0.25, 0.3) is 0 Å². The topological polar surface area (TPSA) is 46.6 Å². The lowest BCUT2D eigenvalue weighted by Gasteiger charge is -2.37. The summed E-state index contributed by atoms with van der Waals surface area (Å²) in [7, 11) is 0. The van der Waals surface area contributed by atoms with Crippen LogP contribution in [0.1, 0.15) is 50.3 Å². The third-order valence-corrected chi connectivity index (χ3v) is 4.95. The first kappa shape index (κ1) is 20.1. The first-order valence-electron chi connectivity index (χ1n) is 9.96. The van der Waals surface area contributed by atoms with Gasteiger partial charge in [-0.25, -0.2) is 4.79 Å². The molecule has 1 aliphatic heterocycles. The van der Waals surface area contributed by atoms with Gasteiger partial charge >= 0.3 is 5.97 Å². The van der Waals surface area contributed by atoms with Crippen molar-refractivity contribution in [1.29, 1.82) is 0 Å². The molecule has 0 radical (unpaired) electrons. The Labute approximate surface area is 167 Å². The number of hydrogen-bond acceptors (Lipinski definition) is 3. The fourth-order valence-corrected chi connectivity index (χ4v) is 3.60. The molecule has 4 heteroatoms. The quantitative estimate of drug-likeness (QED) is 0.728. The molecular formula is C24H29NO3. The number of nitrogens with zero attached hydrogens (tertiary/aromatic N) is 1. The lowest BCUT2D eigenvalue weighted by atomic mass is 9.93. The van der Waals surface area contributed by atoms with Crippen LogP contribution in [0.25, 0.3) is 0 Å². The summed E-state index contributed by atoms with van der Waals surface area (Å²) in [5, 5.41) is 0. The number of benzene rings is 2. The number of hydrogen-bond donors (Lipinski definition) is 0. The Morgan fingerprint density at radius 3 is 2.32 bits per heavy atom. The van der Waals surface area contributed by atoms with Crippen LogP contribution in [0.15, 0.2) is 54.6 Å². The number of esters is 1. The summed E-state index contributed by atoms with van der Waals surface area (Å²) in [4.78, 5) is 27.5. The van der Waals surface area contributed by atoms with Gasteiger partial charge in [-0.3, -0.25) is 4.79 Å². The number of rotatable bonds is 5. The van der Waals surface area contributed by atoms with Gasteiger partial charge in [0.15, 0.2) is 0 Å². The largest absolute Gasteiger partial charge is 0.458 e. The highest BCUT2D eigenvalue weighted by molar-refractivity contribution is 5.85. The van der Waals surface area contributed by atoms with Crippen molar-refractivity contribution in [3.8, 4) is 0 Å². The zero-order chi connectivity index (χ0) is 20.1. The van der Waals surface area contributed by atoms with Gasteiger partial charge in [-0.1, -0.05) is 54.6 Å². The van der Waals surface area contributed by atoms with E-state index in [-0.39, 0.29) is 11.9 Å². The summed E-state index contributed by atoms with van der Waals surface area (Å²) < 4.78 is 5.61. The Morgan fingerprint density at radius 1 is 1.00 bits per heavy atom. The average molecular weight is 380 g/mol. The minimum atomic E-state index is -0.573. The van der Waals surface area contributed by atoms with Gasteiger partial charge in [0.05, 0.1) is 0 Å². The van der Waals surface area contributed by atoms with Crippen LogP contribution in [0.3, 0.4) is 0 Å². The van der Waals surface area contributed by atoms with Crippen LogP contribution >= 0.6 is 0 Å². The van der Waals surface area contributed by atoms with Crippen LogP contribution in [0, 0.1) is 0 Å². The van der Waals surface area contributed by atoms with E-state index < -0.39 is 11.6 Å². The molecule has 0 unspecified atom stereocenters. The van der Waals surface area contributed by atoms with E-state index in [1.807, 2.05) is 63.2 Å². The van der Waals surface area contributed by atoms with Crippen LogP contribution in [0.5, 0.6) is 0 Å². The molecule has 28 heavy (non-hydrogen) atoms. The highest BCUT2D eigenvalue weighted by Gasteiger charge is 2.36. The zero-order valence-corrected chi connectivity index (χ0v) is 17.0. The van der Waals surface area contributed by atoms with E-state index in [9.17, 15) is 9.59 Å². The number of ether oxygens (including phenoxy) is 1. The first-order chi connectivity index (χ1) is 13.3. The van der Waals surface area contributed by atoms with Gasteiger partial charge in [-0.2, -0.15) is 0 Å². The van der Waals surface area contributed by atoms with Gasteiger partial charge in [0, 0.05) is 19.4 Å². The second-order valence-corrected chi connectivity index (χ2v) is 8.38. The molecule has 1 amide bonds. The van der Waals surface area contributed by atoms with E-state index in [1.165, 1.54) is 5.56 Å². The predicted octanol–water partition coefficient (Wildman–Crippen LogP) is 4.30. The SMILES string of the molecule is CC(C)(C)OC(=O)[C@@H]1Cc2ccccc2CN1C(=O)CCCc1ccccc1. The zero-order valence-electron chi connectivity index (χ0n) is 17.0. The Balaban J connectivity index is 1.71. The molecule has 1 aliphatic rings. The molecule has 0 aliphatic carbocycles. The maximum atomic E-state index is 13.0. The molecule has 1 atom stereocenters. The van der Waals surface area contributed by atoms with Crippen LogP contribution in [-0.4, -0.2) is 28.4 Å². The molecule has 0 aromatic heterocycles. The van der Waals surface area contributed by atoms with Crippen molar-refractivity contribution in [2.45, 2.75) is 64.6 Å². The summed E-state index contributed by atoms with van der Waals surface area (Å²) in [6.07, 6.45) is 2.56. The fraction of sp³-hybridized carbons (Fsp3) is 0.417. The summed E-state index contributed by atoms with van der Waals surface area (Å²) in [6, 6.07) is 17.6. The van der Waals surface area contributed by atoms with Crippen LogP contribution < -0.4 is 0 Å². The molecule has 0 N–H and O–H groups in total. The molecule has 2 aromatic carbocycles. The van der Waals surface area contributed by atoms with Gasteiger partial charge < -0.3 is 9.64 Å². The number of carbonyl (C=O) groups is 2. The summed E-state index contributed by atoms with van der Waals surface area (Å²) in [6.45, 7) is 6.03. The third-order valence-electron chi connectivity index (χ3n) is 4.95. The maximum Gasteiger partial charge on any atom is 0.329 e. The second-order valence-electron chi connectivity index (χ2n) is 8.38. The summed E-state index contributed by atoms with van der Waals surface area (Å²) in [5.74, 6) is -0.306. The monoisotopic (exact) mass is 379 g/mol. The van der Waals surface area contributed by atoms with Gasteiger partial charge in [-0.05, 0) is 50.3 Å². The van der Waals surface area contributed by atoms with E-state index >= 15 is 0 Å². The molecule has 0 fully saturated rings. The van der Waals surface area contributed by atoms with Crippen molar-refractivity contribution >= 4 is 11.9 Å². The van der Waals surface area contributed by atoms with Crippen molar-refractivity contribution in [2.75, 3.05) is 0 Å².